The molecule has 0 aliphatic heterocycles. The first-order valence-electron chi connectivity index (χ1n) is 5.24. The molecule has 0 saturated heterocycles. The second-order valence-electron chi connectivity index (χ2n) is 3.55. The smallest absolute Gasteiger partial charge is 0.0599 e. The molecule has 0 spiro atoms. The number of likely N-dealkylation sites (N-methyl/N-ethyl adjacent to an activating group) is 1. The third kappa shape index (κ3) is 3.75. The van der Waals surface area contributed by atoms with E-state index in [9.17, 15) is 0 Å². The van der Waals surface area contributed by atoms with Crippen LogP contribution in [0.2, 0.25) is 0 Å². The highest BCUT2D eigenvalue weighted by molar-refractivity contribution is 5.18. The van der Waals surface area contributed by atoms with E-state index < -0.39 is 0 Å². The van der Waals surface area contributed by atoms with Crippen molar-refractivity contribution in [2.24, 2.45) is 5.73 Å². The van der Waals surface area contributed by atoms with Crippen LogP contribution in [0.3, 0.4) is 0 Å². The fourth-order valence-corrected chi connectivity index (χ4v) is 1.52. The van der Waals surface area contributed by atoms with E-state index in [-0.39, 0.29) is 6.04 Å². The van der Waals surface area contributed by atoms with E-state index in [1.807, 2.05) is 30.3 Å². The van der Waals surface area contributed by atoms with Gasteiger partial charge in [-0.1, -0.05) is 43.2 Å². The molecule has 80 valence electrons. The van der Waals surface area contributed by atoms with Crippen molar-refractivity contribution in [1.29, 1.82) is 0 Å². The zero-order valence-corrected chi connectivity index (χ0v) is 9.19. The first kappa shape index (κ1) is 11.8. The minimum absolute atomic E-state index is 0.0412. The predicted molar refractivity (Wildman–Crippen MR) is 64.3 cm³/mol. The minimum Gasteiger partial charge on any atom is -0.323 e. The Morgan fingerprint density at radius 2 is 2.07 bits per heavy atom. The van der Waals surface area contributed by atoms with Crippen molar-refractivity contribution >= 4 is 0 Å². The average molecular weight is 202 g/mol. The molecule has 0 fully saturated rings. The summed E-state index contributed by atoms with van der Waals surface area (Å²) in [4.78, 5) is 2.16. The highest BCUT2D eigenvalue weighted by Gasteiger charge is 2.09. The summed E-state index contributed by atoms with van der Waals surface area (Å²) in [6, 6.07) is 10.1. The number of benzene rings is 1. The Hall–Kier alpha value is -1.30. The maximum Gasteiger partial charge on any atom is 0.0599 e. The van der Waals surface area contributed by atoms with E-state index in [2.05, 4.69) is 17.7 Å². The van der Waals surface area contributed by atoms with Crippen LogP contribution in [-0.4, -0.2) is 24.5 Å². The summed E-state index contributed by atoms with van der Waals surface area (Å²) < 4.78 is 0. The van der Waals surface area contributed by atoms with Gasteiger partial charge in [-0.25, -0.2) is 0 Å². The molecular formula is C13H18N2. The Morgan fingerprint density at radius 3 is 2.60 bits per heavy atom. The Bertz CT molecular complexity index is 313. The van der Waals surface area contributed by atoms with Crippen LogP contribution < -0.4 is 5.73 Å². The maximum absolute atomic E-state index is 6.09. The van der Waals surface area contributed by atoms with E-state index in [0.717, 1.165) is 18.7 Å². The summed E-state index contributed by atoms with van der Waals surface area (Å²) in [5, 5.41) is 0. The van der Waals surface area contributed by atoms with Crippen LogP contribution in [0.15, 0.2) is 30.3 Å². The van der Waals surface area contributed by atoms with Gasteiger partial charge in [-0.05, 0) is 12.1 Å². The predicted octanol–water partition coefficient (Wildman–Crippen LogP) is 1.64. The molecule has 2 N–H and O–H groups in total. The van der Waals surface area contributed by atoms with Crippen molar-refractivity contribution in [2.45, 2.75) is 13.0 Å². The minimum atomic E-state index is 0.0412. The fraction of sp³-hybridized carbons (Fsp3) is 0.385. The summed E-state index contributed by atoms with van der Waals surface area (Å²) in [5.74, 6) is 2.65. The summed E-state index contributed by atoms with van der Waals surface area (Å²) in [6.45, 7) is 4.50. The molecule has 0 amide bonds. The van der Waals surface area contributed by atoms with Crippen molar-refractivity contribution in [2.75, 3.05) is 19.6 Å². The molecule has 0 aliphatic carbocycles. The fourth-order valence-electron chi connectivity index (χ4n) is 1.52. The van der Waals surface area contributed by atoms with Crippen LogP contribution in [0.1, 0.15) is 18.5 Å². The largest absolute Gasteiger partial charge is 0.323 e. The summed E-state index contributed by atoms with van der Waals surface area (Å²) in [5.41, 5.74) is 7.25. The third-order valence-electron chi connectivity index (χ3n) is 2.44. The molecule has 0 aromatic heterocycles. The first-order valence-corrected chi connectivity index (χ1v) is 5.24. The molecule has 15 heavy (non-hydrogen) atoms. The Balaban J connectivity index is 2.55. The van der Waals surface area contributed by atoms with Crippen LogP contribution in [0.25, 0.3) is 0 Å². The summed E-state index contributed by atoms with van der Waals surface area (Å²) >= 11 is 0. The molecule has 2 nitrogen and oxygen atoms in total. The van der Waals surface area contributed by atoms with Gasteiger partial charge in [-0.2, -0.15) is 0 Å². The number of terminal acetylenes is 1. The molecular weight excluding hydrogens is 184 g/mol. The second-order valence-corrected chi connectivity index (χ2v) is 3.55. The van der Waals surface area contributed by atoms with Crippen LogP contribution in [-0.2, 0) is 0 Å². The number of hydrogen-bond acceptors (Lipinski definition) is 2. The number of nitrogens with two attached hydrogens (primary N) is 1. The van der Waals surface area contributed by atoms with Crippen LogP contribution >= 0.6 is 0 Å². The Kier molecular flexibility index (Phi) is 4.89. The molecule has 0 aliphatic rings. The molecule has 0 bridgehead atoms. The highest BCUT2D eigenvalue weighted by atomic mass is 15.1. The first-order chi connectivity index (χ1) is 7.27. The average Bonchev–Trinajstić information content (AvgIpc) is 2.29. The quantitative estimate of drug-likeness (QED) is 0.735. The molecule has 1 unspecified atom stereocenters. The van der Waals surface area contributed by atoms with Crippen LogP contribution in [0, 0.1) is 12.3 Å². The van der Waals surface area contributed by atoms with Gasteiger partial charge in [0, 0.05) is 12.6 Å². The van der Waals surface area contributed by atoms with Gasteiger partial charge in [-0.15, -0.1) is 6.42 Å². The summed E-state index contributed by atoms with van der Waals surface area (Å²) in [6.07, 6.45) is 5.29. The van der Waals surface area contributed by atoms with Crippen LogP contribution in [0.4, 0.5) is 0 Å². The molecule has 2 heteroatoms. The standard InChI is InChI=1S/C13H18N2/c1-3-10-15(4-2)11-13(14)12-8-6-5-7-9-12/h1,5-9,13H,4,10-11,14H2,2H3. The van der Waals surface area contributed by atoms with E-state index in [4.69, 9.17) is 12.2 Å². The van der Waals surface area contributed by atoms with Gasteiger partial charge >= 0.3 is 0 Å². The van der Waals surface area contributed by atoms with Gasteiger partial charge in [0.25, 0.3) is 0 Å². The number of rotatable bonds is 5. The van der Waals surface area contributed by atoms with Gasteiger partial charge in [0.15, 0.2) is 0 Å². The van der Waals surface area contributed by atoms with Crippen molar-refractivity contribution in [3.63, 3.8) is 0 Å². The molecule has 1 aromatic rings. The lowest BCUT2D eigenvalue weighted by atomic mass is 10.1. The lowest BCUT2D eigenvalue weighted by Gasteiger charge is -2.22. The Labute approximate surface area is 92.1 Å². The van der Waals surface area contributed by atoms with E-state index in [0.29, 0.717) is 6.54 Å². The second kappa shape index (κ2) is 6.23. The van der Waals surface area contributed by atoms with Crippen molar-refractivity contribution in [1.82, 2.24) is 4.90 Å². The highest BCUT2D eigenvalue weighted by Crippen LogP contribution is 2.10. The maximum atomic E-state index is 6.09. The lowest BCUT2D eigenvalue weighted by Crippen LogP contribution is -2.32. The topological polar surface area (TPSA) is 29.3 Å². The zero-order valence-electron chi connectivity index (χ0n) is 9.19. The molecule has 0 heterocycles. The molecule has 0 saturated carbocycles. The van der Waals surface area contributed by atoms with Gasteiger partial charge in [-0.3, -0.25) is 4.90 Å². The molecule has 1 aromatic carbocycles. The zero-order chi connectivity index (χ0) is 11.1. The monoisotopic (exact) mass is 202 g/mol. The SMILES string of the molecule is C#CCN(CC)CC(N)c1ccccc1. The van der Waals surface area contributed by atoms with E-state index in [1.54, 1.807) is 0 Å². The van der Waals surface area contributed by atoms with E-state index in [1.165, 1.54) is 0 Å². The molecule has 1 atom stereocenters. The van der Waals surface area contributed by atoms with Crippen LogP contribution in [0.5, 0.6) is 0 Å². The van der Waals surface area contributed by atoms with Crippen molar-refractivity contribution < 1.29 is 0 Å². The third-order valence-corrected chi connectivity index (χ3v) is 2.44. The number of nitrogens with zero attached hydrogens (tertiary/aromatic N) is 1. The van der Waals surface area contributed by atoms with Crippen molar-refractivity contribution in [3.8, 4) is 12.3 Å². The van der Waals surface area contributed by atoms with Crippen molar-refractivity contribution in [3.05, 3.63) is 35.9 Å². The van der Waals surface area contributed by atoms with Gasteiger partial charge in [0.2, 0.25) is 0 Å². The Morgan fingerprint density at radius 1 is 1.40 bits per heavy atom. The van der Waals surface area contributed by atoms with E-state index >= 15 is 0 Å². The molecule has 0 radical (unpaired) electrons. The van der Waals surface area contributed by atoms with Gasteiger partial charge in [0.05, 0.1) is 6.54 Å². The molecule has 1 rings (SSSR count). The van der Waals surface area contributed by atoms with Gasteiger partial charge in [0.1, 0.15) is 0 Å². The number of hydrogen-bond donors (Lipinski definition) is 1. The van der Waals surface area contributed by atoms with Gasteiger partial charge < -0.3 is 5.73 Å². The lowest BCUT2D eigenvalue weighted by molar-refractivity contribution is 0.303. The normalized spacial score (nSPS) is 12.4. The summed E-state index contributed by atoms with van der Waals surface area (Å²) in [7, 11) is 0.